The molecule has 0 heterocycles. The Labute approximate surface area is 279 Å². The molecule has 0 bridgehead atoms. The van der Waals surface area contributed by atoms with E-state index in [4.69, 9.17) is 5.73 Å². The van der Waals surface area contributed by atoms with Crippen molar-refractivity contribution >= 4 is 70.7 Å². The molecule has 2 atom stereocenters. The fourth-order valence-corrected chi connectivity index (χ4v) is 7.63. The highest BCUT2D eigenvalue weighted by Gasteiger charge is 2.21. The zero-order chi connectivity index (χ0) is 32.0. The van der Waals surface area contributed by atoms with E-state index in [9.17, 15) is 0 Å². The Morgan fingerprint density at radius 1 is 0.438 bits per heavy atom. The van der Waals surface area contributed by atoms with Crippen molar-refractivity contribution in [2.45, 2.75) is 12.2 Å². The van der Waals surface area contributed by atoms with Crippen molar-refractivity contribution in [1.29, 1.82) is 0 Å². The van der Waals surface area contributed by atoms with Crippen molar-refractivity contribution in [2.75, 3.05) is 0 Å². The topological polar surface area (TPSA) is 38.0 Å². The number of nitrogens with one attached hydrogen (secondary N) is 1. The van der Waals surface area contributed by atoms with Gasteiger partial charge in [0, 0.05) is 0 Å². The van der Waals surface area contributed by atoms with Gasteiger partial charge < -0.3 is 5.73 Å². The molecule has 0 saturated heterocycles. The first-order valence-electron chi connectivity index (χ1n) is 16.6. The molecule has 228 valence electrons. The lowest BCUT2D eigenvalue weighted by Gasteiger charge is -2.25. The summed E-state index contributed by atoms with van der Waals surface area (Å²) < 4.78 is 0. The van der Waals surface area contributed by atoms with Gasteiger partial charge in [0.2, 0.25) is 0 Å². The number of nitrogens with two attached hydrogens (primary N) is 1. The summed E-state index contributed by atoms with van der Waals surface area (Å²) in [5.41, 5.74) is 10.5. The Bertz CT molecular complexity index is 2670. The highest BCUT2D eigenvalue weighted by molar-refractivity contribution is 6.18. The van der Waals surface area contributed by atoms with Crippen molar-refractivity contribution in [1.82, 2.24) is 5.32 Å². The molecule has 2 heteroatoms. The predicted molar refractivity (Wildman–Crippen MR) is 206 cm³/mol. The van der Waals surface area contributed by atoms with Crippen LogP contribution < -0.4 is 11.1 Å². The van der Waals surface area contributed by atoms with E-state index in [1.54, 1.807) is 0 Å². The van der Waals surface area contributed by atoms with Crippen molar-refractivity contribution < 1.29 is 0 Å². The quantitative estimate of drug-likeness (QED) is 0.111. The molecule has 0 aliphatic rings. The summed E-state index contributed by atoms with van der Waals surface area (Å²) in [5.74, 6) is 0. The highest BCUT2D eigenvalue weighted by Crippen LogP contribution is 2.40. The maximum atomic E-state index is 7.01. The van der Waals surface area contributed by atoms with Crippen LogP contribution in [-0.2, 0) is 0 Å². The molecular formula is C46H34N2. The SMILES string of the molecule is NC(NC(/C=C/c1c2ccccc2cc2ccc3ccccc3c12)c1c2ccccc2cc2ccc3ccccc3c12)c1ccccc1. The zero-order valence-electron chi connectivity index (χ0n) is 26.5. The number of hydrogen-bond donors (Lipinski definition) is 2. The smallest absolute Gasteiger partial charge is 0.0817 e. The highest BCUT2D eigenvalue weighted by atomic mass is 15.0. The van der Waals surface area contributed by atoms with E-state index < -0.39 is 0 Å². The minimum absolute atomic E-state index is 0.205. The minimum Gasteiger partial charge on any atom is -0.312 e. The molecule has 2 nitrogen and oxygen atoms in total. The number of benzene rings is 9. The summed E-state index contributed by atoms with van der Waals surface area (Å²) >= 11 is 0. The molecule has 0 fully saturated rings. The third-order valence-corrected chi connectivity index (χ3v) is 9.87. The maximum Gasteiger partial charge on any atom is 0.0817 e. The van der Waals surface area contributed by atoms with Gasteiger partial charge in [-0.2, -0.15) is 0 Å². The van der Waals surface area contributed by atoms with Crippen LogP contribution in [0.3, 0.4) is 0 Å². The van der Waals surface area contributed by atoms with Crippen LogP contribution in [0, 0.1) is 0 Å². The average Bonchev–Trinajstić information content (AvgIpc) is 3.15. The van der Waals surface area contributed by atoms with E-state index in [-0.39, 0.29) is 12.2 Å². The fourth-order valence-electron chi connectivity index (χ4n) is 7.63. The lowest BCUT2D eigenvalue weighted by atomic mass is 9.88. The van der Waals surface area contributed by atoms with Gasteiger partial charge in [-0.15, -0.1) is 0 Å². The van der Waals surface area contributed by atoms with Gasteiger partial charge in [-0.1, -0.05) is 164 Å². The Morgan fingerprint density at radius 2 is 0.917 bits per heavy atom. The maximum absolute atomic E-state index is 7.01. The van der Waals surface area contributed by atoms with E-state index in [1.807, 2.05) is 6.07 Å². The summed E-state index contributed by atoms with van der Waals surface area (Å²) in [6, 6.07) is 58.6. The van der Waals surface area contributed by atoms with Crippen molar-refractivity contribution in [3.05, 3.63) is 187 Å². The largest absolute Gasteiger partial charge is 0.312 e. The summed E-state index contributed by atoms with van der Waals surface area (Å²) in [5, 5.41) is 18.7. The van der Waals surface area contributed by atoms with E-state index in [2.05, 4.69) is 175 Å². The van der Waals surface area contributed by atoms with Gasteiger partial charge in [-0.3, -0.25) is 5.32 Å². The first-order valence-corrected chi connectivity index (χ1v) is 16.6. The Hall–Kier alpha value is -5.80. The van der Waals surface area contributed by atoms with Crippen LogP contribution >= 0.6 is 0 Å². The Morgan fingerprint density at radius 3 is 1.58 bits per heavy atom. The van der Waals surface area contributed by atoms with Gasteiger partial charge in [0.1, 0.15) is 0 Å². The number of hydrogen-bond acceptors (Lipinski definition) is 2. The summed E-state index contributed by atoms with van der Waals surface area (Å²) in [6.45, 7) is 0. The molecule has 0 saturated carbocycles. The van der Waals surface area contributed by atoms with E-state index in [1.165, 1.54) is 75.8 Å². The molecule has 9 aromatic rings. The lowest BCUT2D eigenvalue weighted by Crippen LogP contribution is -2.31. The third kappa shape index (κ3) is 4.82. The van der Waals surface area contributed by atoms with Gasteiger partial charge >= 0.3 is 0 Å². The number of rotatable bonds is 6. The summed E-state index contributed by atoms with van der Waals surface area (Å²) in [7, 11) is 0. The molecule has 9 rings (SSSR count). The first-order chi connectivity index (χ1) is 23.7. The van der Waals surface area contributed by atoms with E-state index in [0.29, 0.717) is 0 Å². The summed E-state index contributed by atoms with van der Waals surface area (Å²) in [6.07, 6.45) is 4.30. The van der Waals surface area contributed by atoms with Crippen LogP contribution in [0.15, 0.2) is 170 Å². The second kappa shape index (κ2) is 11.8. The van der Waals surface area contributed by atoms with Gasteiger partial charge in [-0.05, 0) is 93.5 Å². The van der Waals surface area contributed by atoms with Gasteiger partial charge in [0.15, 0.2) is 0 Å². The molecule has 0 spiro atoms. The third-order valence-electron chi connectivity index (χ3n) is 9.87. The van der Waals surface area contributed by atoms with Crippen LogP contribution in [0.5, 0.6) is 0 Å². The fraction of sp³-hybridized carbons (Fsp3) is 0.0435. The van der Waals surface area contributed by atoms with Crippen molar-refractivity contribution in [2.24, 2.45) is 5.73 Å². The van der Waals surface area contributed by atoms with Crippen LogP contribution in [0.4, 0.5) is 0 Å². The first kappa shape index (κ1) is 28.4. The molecule has 0 radical (unpaired) electrons. The summed E-state index contributed by atoms with van der Waals surface area (Å²) in [4.78, 5) is 0. The Kier molecular flexibility index (Phi) is 6.97. The normalized spacial score (nSPS) is 13.4. The molecule has 0 aliphatic heterocycles. The Balaban J connectivity index is 1.35. The van der Waals surface area contributed by atoms with E-state index in [0.717, 1.165) is 5.56 Å². The molecular weight excluding hydrogens is 581 g/mol. The molecule has 9 aromatic carbocycles. The van der Waals surface area contributed by atoms with E-state index >= 15 is 0 Å². The molecule has 0 amide bonds. The van der Waals surface area contributed by atoms with Crippen molar-refractivity contribution in [3.63, 3.8) is 0 Å². The van der Waals surface area contributed by atoms with Crippen LogP contribution in [0.2, 0.25) is 0 Å². The molecule has 2 unspecified atom stereocenters. The lowest BCUT2D eigenvalue weighted by molar-refractivity contribution is 0.513. The van der Waals surface area contributed by atoms with Crippen LogP contribution in [-0.4, -0.2) is 0 Å². The standard InChI is InChI=1S/C46H34N2/c47-46(32-14-2-1-3-15-32)48-42(45-40-21-11-7-17-34(40)29-36-25-23-31-13-5-10-20-39(31)44(36)45)27-26-41-37-18-8-6-16-33(37)28-35-24-22-30-12-4-9-19-38(30)43(35)41/h1-29,42,46,48H,47H2/b27-26+. The molecule has 0 aliphatic carbocycles. The second-order valence-corrected chi connectivity index (χ2v) is 12.7. The van der Waals surface area contributed by atoms with Crippen LogP contribution in [0.25, 0.3) is 70.7 Å². The van der Waals surface area contributed by atoms with Crippen LogP contribution in [0.1, 0.15) is 28.9 Å². The predicted octanol–water partition coefficient (Wildman–Crippen LogP) is 11.6. The van der Waals surface area contributed by atoms with Gasteiger partial charge in [0.05, 0.1) is 12.2 Å². The molecule has 48 heavy (non-hydrogen) atoms. The van der Waals surface area contributed by atoms with Crippen molar-refractivity contribution in [3.8, 4) is 0 Å². The molecule has 0 aromatic heterocycles. The monoisotopic (exact) mass is 614 g/mol. The van der Waals surface area contributed by atoms with Gasteiger partial charge in [0.25, 0.3) is 0 Å². The second-order valence-electron chi connectivity index (χ2n) is 12.7. The minimum atomic E-state index is -0.380. The average molecular weight is 615 g/mol. The van der Waals surface area contributed by atoms with Gasteiger partial charge in [-0.25, -0.2) is 0 Å². The molecule has 3 N–H and O–H groups in total. The number of fused-ring (bicyclic) bond motifs is 8. The zero-order valence-corrected chi connectivity index (χ0v) is 26.5.